The van der Waals surface area contributed by atoms with E-state index in [4.69, 9.17) is 9.47 Å². The van der Waals surface area contributed by atoms with Crippen molar-refractivity contribution in [2.45, 2.75) is 44.9 Å². The van der Waals surface area contributed by atoms with Gasteiger partial charge in [0.1, 0.15) is 17.7 Å². The summed E-state index contributed by atoms with van der Waals surface area (Å²) in [5.41, 5.74) is 4.43. The minimum absolute atomic E-state index is 0.110. The summed E-state index contributed by atoms with van der Waals surface area (Å²) in [6.07, 6.45) is 1.92. The highest BCUT2D eigenvalue weighted by molar-refractivity contribution is 6.02. The Hall–Kier alpha value is -4.34. The summed E-state index contributed by atoms with van der Waals surface area (Å²) < 4.78 is 11.2. The maximum absolute atomic E-state index is 12.6. The molecule has 36 heavy (non-hydrogen) atoms. The Bertz CT molecular complexity index is 1420. The molecule has 0 bridgehead atoms. The molecule has 1 aromatic heterocycles. The number of hydrogen-bond donors (Lipinski definition) is 3. The minimum Gasteiger partial charge on any atom is -0.476 e. The lowest BCUT2D eigenvalue weighted by Crippen LogP contribution is -2.50. The Morgan fingerprint density at radius 3 is 2.72 bits per heavy atom. The predicted octanol–water partition coefficient (Wildman–Crippen LogP) is 4.11. The molecule has 0 radical (unpaired) electrons. The van der Waals surface area contributed by atoms with E-state index in [9.17, 15) is 9.59 Å². The maximum Gasteiger partial charge on any atom is 0.408 e. The van der Waals surface area contributed by atoms with Crippen LogP contribution in [0, 0.1) is 6.92 Å². The number of likely N-dealkylation sites (N-methyl/N-ethyl adjacent to an activating group) is 1. The van der Waals surface area contributed by atoms with Crippen molar-refractivity contribution in [2.75, 3.05) is 22.6 Å². The van der Waals surface area contributed by atoms with Crippen molar-refractivity contribution in [3.05, 3.63) is 59.3 Å². The molecule has 1 aliphatic carbocycles. The first-order chi connectivity index (χ1) is 17.2. The van der Waals surface area contributed by atoms with Crippen LogP contribution < -0.4 is 25.6 Å². The molecule has 3 aromatic rings. The largest absolute Gasteiger partial charge is 0.476 e. The summed E-state index contributed by atoms with van der Waals surface area (Å²) in [7, 11) is 1.75. The van der Waals surface area contributed by atoms with Gasteiger partial charge in [-0.05, 0) is 62.2 Å². The normalized spacial score (nSPS) is 21.1. The van der Waals surface area contributed by atoms with Gasteiger partial charge in [0.05, 0.1) is 11.7 Å². The molecule has 2 amide bonds. The standard InChI is InChI=1S/C26H26N6O4/c1-13-12-27-24(29-15-6-5-14-9-20-21(17(14)10-15)30-25(34)35-20)31-22(13)28-16-7-8-19-18(11-16)32(4)23(33)26(2,3)36-19/h5-8,10-12,20-21H,9H2,1-4H3,(H,30,34)(H2,27,28,29,31)/t20?,21-/m0/s1. The first-order valence-corrected chi connectivity index (χ1v) is 11.8. The molecule has 2 aliphatic heterocycles. The zero-order valence-corrected chi connectivity index (χ0v) is 20.4. The van der Waals surface area contributed by atoms with Gasteiger partial charge in [0, 0.05) is 36.6 Å². The highest BCUT2D eigenvalue weighted by Gasteiger charge is 2.42. The molecule has 6 rings (SSSR count). The second kappa shape index (κ2) is 7.84. The number of alkyl carbamates (subject to hydrolysis) is 1. The third-order valence-electron chi connectivity index (χ3n) is 6.80. The molecule has 2 atom stereocenters. The molecule has 184 valence electrons. The van der Waals surface area contributed by atoms with Crippen LogP contribution in [0.3, 0.4) is 0 Å². The zero-order chi connectivity index (χ0) is 25.2. The third kappa shape index (κ3) is 3.65. The van der Waals surface area contributed by atoms with Gasteiger partial charge in [0.2, 0.25) is 5.95 Å². The van der Waals surface area contributed by atoms with E-state index in [0.29, 0.717) is 29.6 Å². The molecular formula is C26H26N6O4. The molecule has 0 spiro atoms. The third-order valence-corrected chi connectivity index (χ3v) is 6.80. The number of carbonyl (C=O) groups excluding carboxylic acids is 2. The molecule has 3 N–H and O–H groups in total. The lowest BCUT2D eigenvalue weighted by atomic mass is 10.0. The Labute approximate surface area is 208 Å². The van der Waals surface area contributed by atoms with E-state index < -0.39 is 5.60 Å². The number of carbonyl (C=O) groups is 2. The van der Waals surface area contributed by atoms with Gasteiger partial charge in [-0.15, -0.1) is 0 Å². The number of amides is 2. The van der Waals surface area contributed by atoms with Gasteiger partial charge in [-0.25, -0.2) is 9.78 Å². The lowest BCUT2D eigenvalue weighted by Gasteiger charge is -2.37. The van der Waals surface area contributed by atoms with E-state index >= 15 is 0 Å². The monoisotopic (exact) mass is 486 g/mol. The summed E-state index contributed by atoms with van der Waals surface area (Å²) in [5, 5.41) is 9.47. The quantitative estimate of drug-likeness (QED) is 0.504. The number of nitrogens with zero attached hydrogens (tertiary/aromatic N) is 3. The second-order valence-corrected chi connectivity index (χ2v) is 9.82. The fourth-order valence-electron chi connectivity index (χ4n) is 4.93. The van der Waals surface area contributed by atoms with Gasteiger partial charge in [0.15, 0.2) is 5.60 Å². The average Bonchev–Trinajstić information content (AvgIpc) is 3.36. The zero-order valence-electron chi connectivity index (χ0n) is 20.4. The number of ether oxygens (including phenoxy) is 2. The van der Waals surface area contributed by atoms with E-state index in [1.54, 1.807) is 32.0 Å². The van der Waals surface area contributed by atoms with E-state index in [1.165, 1.54) is 0 Å². The Morgan fingerprint density at radius 2 is 1.89 bits per heavy atom. The van der Waals surface area contributed by atoms with Crippen LogP contribution in [0.25, 0.3) is 0 Å². The summed E-state index contributed by atoms with van der Waals surface area (Å²) in [4.78, 5) is 34.9. The van der Waals surface area contributed by atoms with Crippen LogP contribution in [0.1, 0.15) is 36.6 Å². The van der Waals surface area contributed by atoms with Crippen LogP contribution in [0.5, 0.6) is 5.75 Å². The first kappa shape index (κ1) is 22.1. The number of aryl methyl sites for hydroxylation is 1. The number of fused-ring (bicyclic) bond motifs is 4. The lowest BCUT2D eigenvalue weighted by molar-refractivity contribution is -0.132. The summed E-state index contributed by atoms with van der Waals surface area (Å²) in [6, 6.07) is 11.5. The molecule has 1 fully saturated rings. The Kier molecular flexibility index (Phi) is 4.82. The van der Waals surface area contributed by atoms with Crippen molar-refractivity contribution in [3.8, 4) is 5.75 Å². The number of benzene rings is 2. The van der Waals surface area contributed by atoms with Gasteiger partial charge in [0.25, 0.3) is 5.91 Å². The summed E-state index contributed by atoms with van der Waals surface area (Å²) in [5.74, 6) is 1.61. The van der Waals surface area contributed by atoms with E-state index in [2.05, 4.69) is 25.9 Å². The molecule has 1 unspecified atom stereocenters. The average molecular weight is 487 g/mol. The van der Waals surface area contributed by atoms with Gasteiger partial charge < -0.3 is 30.3 Å². The number of hydrogen-bond acceptors (Lipinski definition) is 8. The summed E-state index contributed by atoms with van der Waals surface area (Å²) >= 11 is 0. The van der Waals surface area contributed by atoms with Crippen molar-refractivity contribution in [3.63, 3.8) is 0 Å². The predicted molar refractivity (Wildman–Crippen MR) is 134 cm³/mol. The van der Waals surface area contributed by atoms with Crippen LogP contribution in [0.15, 0.2) is 42.6 Å². The number of rotatable bonds is 4. The maximum atomic E-state index is 12.6. The van der Waals surface area contributed by atoms with E-state index in [1.807, 2.05) is 43.3 Å². The first-order valence-electron chi connectivity index (χ1n) is 11.8. The smallest absolute Gasteiger partial charge is 0.408 e. The number of anilines is 5. The van der Waals surface area contributed by atoms with Crippen molar-refractivity contribution >= 4 is 40.8 Å². The van der Waals surface area contributed by atoms with Crippen molar-refractivity contribution < 1.29 is 19.1 Å². The van der Waals surface area contributed by atoms with Gasteiger partial charge in [-0.2, -0.15) is 4.98 Å². The van der Waals surface area contributed by atoms with Crippen LogP contribution in [-0.4, -0.2) is 40.7 Å². The van der Waals surface area contributed by atoms with Crippen LogP contribution in [-0.2, 0) is 16.0 Å². The van der Waals surface area contributed by atoms with Crippen LogP contribution in [0.2, 0.25) is 0 Å². The molecule has 2 aromatic carbocycles. The highest BCUT2D eigenvalue weighted by atomic mass is 16.6. The molecule has 0 saturated carbocycles. The van der Waals surface area contributed by atoms with Gasteiger partial charge in [-0.3, -0.25) is 4.79 Å². The fraction of sp³-hybridized carbons (Fsp3) is 0.308. The van der Waals surface area contributed by atoms with E-state index in [0.717, 1.165) is 28.1 Å². The van der Waals surface area contributed by atoms with Crippen molar-refractivity contribution in [2.24, 2.45) is 0 Å². The van der Waals surface area contributed by atoms with E-state index in [-0.39, 0.29) is 24.1 Å². The second-order valence-electron chi connectivity index (χ2n) is 9.82. The highest BCUT2D eigenvalue weighted by Crippen LogP contribution is 2.40. The molecule has 3 heterocycles. The molecule has 10 heteroatoms. The molecule has 10 nitrogen and oxygen atoms in total. The van der Waals surface area contributed by atoms with Crippen LogP contribution >= 0.6 is 0 Å². The van der Waals surface area contributed by atoms with Crippen molar-refractivity contribution in [1.82, 2.24) is 15.3 Å². The Morgan fingerprint density at radius 1 is 1.11 bits per heavy atom. The summed E-state index contributed by atoms with van der Waals surface area (Å²) in [6.45, 7) is 5.44. The number of aromatic nitrogens is 2. The topological polar surface area (TPSA) is 118 Å². The SMILES string of the molecule is Cc1cnc(Nc2ccc3c(c2)[C@@H]2NC(=O)OC2C3)nc1Nc1ccc2c(c1)N(C)C(=O)C(C)(C)O2. The molecular weight excluding hydrogens is 460 g/mol. The molecule has 1 saturated heterocycles. The number of nitrogens with one attached hydrogen (secondary N) is 3. The van der Waals surface area contributed by atoms with Gasteiger partial charge >= 0.3 is 6.09 Å². The van der Waals surface area contributed by atoms with Crippen molar-refractivity contribution in [1.29, 1.82) is 0 Å². The van der Waals surface area contributed by atoms with Gasteiger partial charge in [-0.1, -0.05) is 6.07 Å². The minimum atomic E-state index is -0.907. The molecule has 3 aliphatic rings. The fourth-order valence-corrected chi connectivity index (χ4v) is 4.93. The Balaban J connectivity index is 1.23. The van der Waals surface area contributed by atoms with Crippen LogP contribution in [0.4, 0.5) is 33.6 Å².